The van der Waals surface area contributed by atoms with Gasteiger partial charge in [0.15, 0.2) is 0 Å². The first kappa shape index (κ1) is 16.1. The van der Waals surface area contributed by atoms with E-state index in [2.05, 4.69) is 24.5 Å². The fourth-order valence-electron chi connectivity index (χ4n) is 1.59. The first-order valence-electron chi connectivity index (χ1n) is 6.39. The van der Waals surface area contributed by atoms with Gasteiger partial charge >= 0.3 is 0 Å². The average Bonchev–Trinajstić information content (AvgIpc) is 2.26. The molecular formula is C14H20Cl2N2O. The average molecular weight is 303 g/mol. The molecular weight excluding hydrogens is 283 g/mol. The number of rotatable bonds is 6. The molecule has 0 heterocycles. The summed E-state index contributed by atoms with van der Waals surface area (Å²) < 4.78 is 0. The van der Waals surface area contributed by atoms with E-state index >= 15 is 0 Å². The van der Waals surface area contributed by atoms with Gasteiger partial charge in [-0.25, -0.2) is 0 Å². The van der Waals surface area contributed by atoms with Crippen LogP contribution in [0.4, 0.5) is 5.69 Å². The van der Waals surface area contributed by atoms with E-state index in [0.29, 0.717) is 22.5 Å². The fraction of sp³-hybridized carbons (Fsp3) is 0.500. The summed E-state index contributed by atoms with van der Waals surface area (Å²) >= 11 is 11.8. The van der Waals surface area contributed by atoms with Crippen molar-refractivity contribution >= 4 is 34.8 Å². The molecule has 0 aliphatic rings. The summed E-state index contributed by atoms with van der Waals surface area (Å²) in [5.74, 6) is 0.548. The van der Waals surface area contributed by atoms with E-state index < -0.39 is 0 Å². The van der Waals surface area contributed by atoms with Crippen LogP contribution in [0.1, 0.15) is 27.2 Å². The summed E-state index contributed by atoms with van der Waals surface area (Å²) in [4.78, 5) is 11.9. The zero-order valence-corrected chi connectivity index (χ0v) is 13.0. The highest BCUT2D eigenvalue weighted by Gasteiger charge is 2.12. The zero-order chi connectivity index (χ0) is 14.4. The van der Waals surface area contributed by atoms with Crippen molar-refractivity contribution in [2.75, 3.05) is 11.9 Å². The Hall–Kier alpha value is -0.930. The highest BCUT2D eigenvalue weighted by atomic mass is 35.5. The van der Waals surface area contributed by atoms with Crippen LogP contribution in [0, 0.1) is 5.92 Å². The second kappa shape index (κ2) is 7.61. The quantitative estimate of drug-likeness (QED) is 0.835. The molecule has 1 unspecified atom stereocenters. The minimum Gasteiger partial charge on any atom is -0.374 e. The third-order valence-corrected chi connectivity index (χ3v) is 3.10. The van der Waals surface area contributed by atoms with Crippen molar-refractivity contribution in [1.29, 1.82) is 0 Å². The van der Waals surface area contributed by atoms with Gasteiger partial charge in [0.1, 0.15) is 6.04 Å². The van der Waals surface area contributed by atoms with Gasteiger partial charge in [0.25, 0.3) is 0 Å². The Labute approximate surface area is 124 Å². The monoisotopic (exact) mass is 302 g/mol. The highest BCUT2D eigenvalue weighted by molar-refractivity contribution is 6.35. The normalized spacial score (nSPS) is 12.3. The minimum absolute atomic E-state index is 0.0308. The van der Waals surface area contributed by atoms with Crippen LogP contribution in [0.25, 0.3) is 0 Å². The molecule has 0 fully saturated rings. The largest absolute Gasteiger partial charge is 0.374 e. The molecule has 19 heavy (non-hydrogen) atoms. The topological polar surface area (TPSA) is 41.1 Å². The van der Waals surface area contributed by atoms with Crippen LogP contribution in [-0.4, -0.2) is 18.5 Å². The maximum Gasteiger partial charge on any atom is 0.242 e. The Bertz CT molecular complexity index is 415. The third kappa shape index (κ3) is 6.17. The lowest BCUT2D eigenvalue weighted by Crippen LogP contribution is -2.38. The molecule has 1 atom stereocenters. The lowest BCUT2D eigenvalue weighted by molar-refractivity contribution is -0.121. The van der Waals surface area contributed by atoms with E-state index in [1.807, 2.05) is 0 Å². The van der Waals surface area contributed by atoms with Crippen LogP contribution in [-0.2, 0) is 4.79 Å². The molecule has 1 aromatic carbocycles. The van der Waals surface area contributed by atoms with Gasteiger partial charge in [-0.3, -0.25) is 4.79 Å². The Morgan fingerprint density at radius 2 is 1.74 bits per heavy atom. The summed E-state index contributed by atoms with van der Waals surface area (Å²) in [5.41, 5.74) is 0.740. The second-order valence-corrected chi connectivity index (χ2v) is 5.87. The minimum atomic E-state index is -0.332. The van der Waals surface area contributed by atoms with Crippen molar-refractivity contribution < 1.29 is 4.79 Å². The molecule has 0 aromatic heterocycles. The number of hydrogen-bond donors (Lipinski definition) is 2. The molecule has 0 bridgehead atoms. The van der Waals surface area contributed by atoms with Crippen molar-refractivity contribution in [2.45, 2.75) is 33.2 Å². The van der Waals surface area contributed by atoms with Crippen molar-refractivity contribution in [2.24, 2.45) is 5.92 Å². The highest BCUT2D eigenvalue weighted by Crippen LogP contribution is 2.22. The van der Waals surface area contributed by atoms with Gasteiger partial charge in [-0.2, -0.15) is 0 Å². The maximum atomic E-state index is 11.9. The predicted molar refractivity (Wildman–Crippen MR) is 82.0 cm³/mol. The van der Waals surface area contributed by atoms with Gasteiger partial charge in [0.2, 0.25) is 5.91 Å². The molecule has 0 radical (unpaired) electrons. The van der Waals surface area contributed by atoms with Gasteiger partial charge in [-0.05, 0) is 37.5 Å². The van der Waals surface area contributed by atoms with E-state index in [1.165, 1.54) is 0 Å². The number of hydrogen-bond acceptors (Lipinski definition) is 2. The van der Waals surface area contributed by atoms with Gasteiger partial charge in [0.05, 0.1) is 0 Å². The van der Waals surface area contributed by atoms with Crippen molar-refractivity contribution in [1.82, 2.24) is 5.32 Å². The first-order valence-corrected chi connectivity index (χ1v) is 7.14. The number of benzene rings is 1. The van der Waals surface area contributed by atoms with E-state index in [9.17, 15) is 4.79 Å². The number of amides is 1. The smallest absolute Gasteiger partial charge is 0.242 e. The molecule has 5 heteroatoms. The number of nitrogens with one attached hydrogen (secondary N) is 2. The summed E-state index contributed by atoms with van der Waals surface area (Å²) in [6.07, 6.45) is 0.974. The fourth-order valence-corrected chi connectivity index (χ4v) is 2.12. The van der Waals surface area contributed by atoms with Crippen LogP contribution in [0.3, 0.4) is 0 Å². The van der Waals surface area contributed by atoms with Crippen molar-refractivity contribution in [3.8, 4) is 0 Å². The molecule has 1 aromatic rings. The van der Waals surface area contributed by atoms with Crippen LogP contribution in [0.15, 0.2) is 18.2 Å². The predicted octanol–water partition coefficient (Wildman–Crippen LogP) is 3.96. The number of carbonyl (C=O) groups is 1. The first-order chi connectivity index (χ1) is 8.88. The number of halogens is 2. The second-order valence-electron chi connectivity index (χ2n) is 5.00. The van der Waals surface area contributed by atoms with E-state index in [0.717, 1.165) is 12.1 Å². The molecule has 0 spiro atoms. The summed E-state index contributed by atoms with van der Waals surface area (Å²) in [6, 6.07) is 4.81. The van der Waals surface area contributed by atoms with Crippen LogP contribution < -0.4 is 10.6 Å². The SMILES string of the molecule is CC(C)CCNC(=O)C(C)Nc1cc(Cl)cc(Cl)c1. The summed E-state index contributed by atoms with van der Waals surface area (Å²) in [6.45, 7) is 6.75. The van der Waals surface area contributed by atoms with Gasteiger partial charge in [-0.1, -0.05) is 37.0 Å². The lowest BCUT2D eigenvalue weighted by atomic mass is 10.1. The molecule has 0 saturated heterocycles. The molecule has 0 aliphatic heterocycles. The Balaban J connectivity index is 2.49. The molecule has 1 amide bonds. The Morgan fingerprint density at radius 3 is 2.26 bits per heavy atom. The van der Waals surface area contributed by atoms with E-state index in [4.69, 9.17) is 23.2 Å². The summed E-state index contributed by atoms with van der Waals surface area (Å²) in [5, 5.41) is 7.06. The Kier molecular flexibility index (Phi) is 6.46. The Morgan fingerprint density at radius 1 is 1.16 bits per heavy atom. The molecule has 0 saturated carbocycles. The van der Waals surface area contributed by atoms with Gasteiger partial charge < -0.3 is 10.6 Å². The van der Waals surface area contributed by atoms with E-state index in [-0.39, 0.29) is 11.9 Å². The standard InChI is InChI=1S/C14H20Cl2N2O/c1-9(2)4-5-17-14(19)10(3)18-13-7-11(15)6-12(16)8-13/h6-10,18H,4-5H2,1-3H3,(H,17,19). The summed E-state index contributed by atoms with van der Waals surface area (Å²) in [7, 11) is 0. The number of carbonyl (C=O) groups excluding carboxylic acids is 1. The maximum absolute atomic E-state index is 11.9. The van der Waals surface area contributed by atoms with Gasteiger partial charge in [-0.15, -0.1) is 0 Å². The third-order valence-electron chi connectivity index (χ3n) is 2.66. The van der Waals surface area contributed by atoms with E-state index in [1.54, 1.807) is 25.1 Å². The molecule has 3 nitrogen and oxygen atoms in total. The molecule has 2 N–H and O–H groups in total. The van der Waals surface area contributed by atoms with Crippen LogP contribution in [0.2, 0.25) is 10.0 Å². The lowest BCUT2D eigenvalue weighted by Gasteiger charge is -2.16. The van der Waals surface area contributed by atoms with Crippen molar-refractivity contribution in [3.05, 3.63) is 28.2 Å². The van der Waals surface area contributed by atoms with Crippen molar-refractivity contribution in [3.63, 3.8) is 0 Å². The zero-order valence-electron chi connectivity index (χ0n) is 11.5. The molecule has 0 aliphatic carbocycles. The van der Waals surface area contributed by atoms with Crippen LogP contribution >= 0.6 is 23.2 Å². The molecule has 1 rings (SSSR count). The van der Waals surface area contributed by atoms with Gasteiger partial charge in [0, 0.05) is 22.3 Å². The van der Waals surface area contributed by atoms with Crippen LogP contribution in [0.5, 0.6) is 0 Å². The molecule has 106 valence electrons. The number of anilines is 1.